The minimum atomic E-state index is -1.24. The Labute approximate surface area is 115 Å². The van der Waals surface area contributed by atoms with Crippen molar-refractivity contribution in [2.75, 3.05) is 0 Å². The highest BCUT2D eigenvalue weighted by Crippen LogP contribution is 2.30. The number of carbonyl (C=O) groups is 2. The third-order valence-electron chi connectivity index (χ3n) is 3.95. The maximum atomic E-state index is 11.9. The Bertz CT molecular complexity index is 340. The van der Waals surface area contributed by atoms with E-state index in [4.69, 9.17) is 5.11 Å². The van der Waals surface area contributed by atoms with Crippen LogP contribution >= 0.6 is 0 Å². The fourth-order valence-corrected chi connectivity index (χ4v) is 2.68. The van der Waals surface area contributed by atoms with Gasteiger partial charge in [-0.3, -0.25) is 0 Å². The molecule has 0 spiro atoms. The Morgan fingerprint density at radius 2 is 1.79 bits per heavy atom. The highest BCUT2D eigenvalue weighted by molar-refractivity contribution is 5.85. The number of carboxylic acid groups (broad SMARTS) is 1. The maximum absolute atomic E-state index is 11.9. The number of nitrogens with one attached hydrogen (secondary N) is 2. The van der Waals surface area contributed by atoms with Crippen LogP contribution in [0.4, 0.5) is 4.79 Å². The summed E-state index contributed by atoms with van der Waals surface area (Å²) in [5, 5.41) is 14.5. The third kappa shape index (κ3) is 4.40. The zero-order valence-corrected chi connectivity index (χ0v) is 12.3. The monoisotopic (exact) mass is 270 g/mol. The minimum Gasteiger partial charge on any atom is -0.480 e. The third-order valence-corrected chi connectivity index (χ3v) is 3.95. The lowest BCUT2D eigenvalue weighted by Gasteiger charge is -2.35. The number of hydrogen-bond acceptors (Lipinski definition) is 2. The van der Waals surface area contributed by atoms with Crippen LogP contribution in [0.5, 0.6) is 0 Å². The van der Waals surface area contributed by atoms with E-state index in [1.165, 1.54) is 20.3 Å². The number of aliphatic carboxylic acids is 1. The van der Waals surface area contributed by atoms with Gasteiger partial charge in [0, 0.05) is 6.04 Å². The van der Waals surface area contributed by atoms with E-state index in [9.17, 15) is 9.59 Å². The summed E-state index contributed by atoms with van der Waals surface area (Å²) in [6.45, 7) is 7.30. The van der Waals surface area contributed by atoms with Gasteiger partial charge < -0.3 is 15.7 Å². The summed E-state index contributed by atoms with van der Waals surface area (Å²) in [5.74, 6) is -0.0303. The molecule has 0 heterocycles. The second-order valence-electron chi connectivity index (χ2n) is 6.33. The van der Waals surface area contributed by atoms with Crippen molar-refractivity contribution in [2.45, 2.75) is 65.0 Å². The average Bonchev–Trinajstić information content (AvgIpc) is 2.28. The smallest absolute Gasteiger partial charge is 0.328 e. The number of urea groups is 1. The molecule has 0 aromatic rings. The lowest BCUT2D eigenvalue weighted by atomic mass is 9.78. The quantitative estimate of drug-likeness (QED) is 0.733. The van der Waals surface area contributed by atoms with E-state index in [2.05, 4.69) is 24.5 Å². The van der Waals surface area contributed by atoms with Crippen LogP contribution in [-0.2, 0) is 4.79 Å². The number of rotatable bonds is 4. The number of carboxylic acids is 1. The first-order chi connectivity index (χ1) is 8.74. The van der Waals surface area contributed by atoms with E-state index < -0.39 is 11.5 Å². The summed E-state index contributed by atoms with van der Waals surface area (Å²) in [5.41, 5.74) is -1.24. The summed E-state index contributed by atoms with van der Waals surface area (Å²) >= 11 is 0. The lowest BCUT2D eigenvalue weighted by Crippen LogP contribution is -2.56. The molecule has 1 rings (SSSR count). The molecular formula is C14H26N2O3. The van der Waals surface area contributed by atoms with Crippen molar-refractivity contribution in [1.82, 2.24) is 10.6 Å². The molecule has 5 nitrogen and oxygen atoms in total. The molecule has 0 bridgehead atoms. The van der Waals surface area contributed by atoms with E-state index in [0.717, 1.165) is 19.3 Å². The Balaban J connectivity index is 2.57. The van der Waals surface area contributed by atoms with Gasteiger partial charge in [0.15, 0.2) is 0 Å². The maximum Gasteiger partial charge on any atom is 0.328 e. The van der Waals surface area contributed by atoms with Crippen molar-refractivity contribution in [2.24, 2.45) is 11.8 Å². The summed E-state index contributed by atoms with van der Waals surface area (Å²) in [6.07, 6.45) is 4.44. The minimum absolute atomic E-state index is 0.151. The molecule has 0 aromatic carbocycles. The Morgan fingerprint density at radius 3 is 2.32 bits per heavy atom. The van der Waals surface area contributed by atoms with E-state index in [0.29, 0.717) is 11.8 Å². The van der Waals surface area contributed by atoms with E-state index >= 15 is 0 Å². The number of carbonyl (C=O) groups excluding carboxylic acids is 1. The SMILES string of the molecule is CC(C)C1CCCCC1NC(=O)NC(C)(C)C(=O)O. The largest absolute Gasteiger partial charge is 0.480 e. The van der Waals surface area contributed by atoms with Crippen LogP contribution in [0.3, 0.4) is 0 Å². The number of amides is 2. The second kappa shape index (κ2) is 6.26. The zero-order chi connectivity index (χ0) is 14.6. The normalized spacial score (nSPS) is 24.1. The van der Waals surface area contributed by atoms with E-state index in [-0.39, 0.29) is 12.1 Å². The molecule has 1 aliphatic carbocycles. The topological polar surface area (TPSA) is 78.4 Å². The molecule has 0 radical (unpaired) electrons. The second-order valence-corrected chi connectivity index (χ2v) is 6.33. The summed E-state index contributed by atoms with van der Waals surface area (Å²) < 4.78 is 0. The first-order valence-electron chi connectivity index (χ1n) is 7.06. The lowest BCUT2D eigenvalue weighted by molar-refractivity contribution is -0.142. The molecular weight excluding hydrogens is 244 g/mol. The summed E-state index contributed by atoms with van der Waals surface area (Å²) in [4.78, 5) is 22.9. The standard InChI is InChI=1S/C14H26N2O3/c1-9(2)10-7-5-6-8-11(10)15-13(19)16-14(3,4)12(17)18/h9-11H,5-8H2,1-4H3,(H,17,18)(H2,15,16,19). The first kappa shape index (κ1) is 15.8. The Morgan fingerprint density at radius 1 is 1.21 bits per heavy atom. The predicted octanol–water partition coefficient (Wildman–Crippen LogP) is 2.36. The molecule has 1 aliphatic rings. The van der Waals surface area contributed by atoms with E-state index in [1.807, 2.05) is 0 Å². The molecule has 2 atom stereocenters. The van der Waals surface area contributed by atoms with Gasteiger partial charge in [-0.25, -0.2) is 9.59 Å². The summed E-state index contributed by atoms with van der Waals surface area (Å²) in [7, 11) is 0. The van der Waals surface area contributed by atoms with Crippen LogP contribution in [0.15, 0.2) is 0 Å². The van der Waals surface area contributed by atoms with Crippen LogP contribution in [0, 0.1) is 11.8 Å². The van der Waals surface area contributed by atoms with Crippen molar-refractivity contribution in [3.05, 3.63) is 0 Å². The Hall–Kier alpha value is -1.26. The summed E-state index contributed by atoms with van der Waals surface area (Å²) in [6, 6.07) is -0.233. The molecule has 2 unspecified atom stereocenters. The molecule has 19 heavy (non-hydrogen) atoms. The van der Waals surface area contributed by atoms with Crippen molar-refractivity contribution < 1.29 is 14.7 Å². The zero-order valence-electron chi connectivity index (χ0n) is 12.3. The number of hydrogen-bond donors (Lipinski definition) is 3. The highest BCUT2D eigenvalue weighted by atomic mass is 16.4. The van der Waals surface area contributed by atoms with Crippen LogP contribution in [0.25, 0.3) is 0 Å². The molecule has 0 aromatic heterocycles. The van der Waals surface area contributed by atoms with Crippen LogP contribution in [0.1, 0.15) is 53.4 Å². The molecule has 110 valence electrons. The fourth-order valence-electron chi connectivity index (χ4n) is 2.68. The van der Waals surface area contributed by atoms with Gasteiger partial charge in [-0.05, 0) is 38.5 Å². The average molecular weight is 270 g/mol. The van der Waals surface area contributed by atoms with Crippen LogP contribution in [0.2, 0.25) is 0 Å². The van der Waals surface area contributed by atoms with Crippen molar-refractivity contribution >= 4 is 12.0 Å². The van der Waals surface area contributed by atoms with Gasteiger partial charge in [-0.1, -0.05) is 26.7 Å². The molecule has 0 aliphatic heterocycles. The fraction of sp³-hybridized carbons (Fsp3) is 0.857. The van der Waals surface area contributed by atoms with Gasteiger partial charge in [0.25, 0.3) is 0 Å². The van der Waals surface area contributed by atoms with Gasteiger partial charge >= 0.3 is 12.0 Å². The predicted molar refractivity (Wildman–Crippen MR) is 74.0 cm³/mol. The van der Waals surface area contributed by atoms with Gasteiger partial charge in [-0.2, -0.15) is 0 Å². The van der Waals surface area contributed by atoms with Gasteiger partial charge in [0.05, 0.1) is 0 Å². The van der Waals surface area contributed by atoms with Gasteiger partial charge in [0.2, 0.25) is 0 Å². The molecule has 0 saturated heterocycles. The van der Waals surface area contributed by atoms with Crippen molar-refractivity contribution in [3.8, 4) is 0 Å². The van der Waals surface area contributed by atoms with Crippen molar-refractivity contribution in [1.29, 1.82) is 0 Å². The molecule has 5 heteroatoms. The van der Waals surface area contributed by atoms with Crippen LogP contribution in [-0.4, -0.2) is 28.7 Å². The van der Waals surface area contributed by atoms with Crippen LogP contribution < -0.4 is 10.6 Å². The van der Waals surface area contributed by atoms with Gasteiger partial charge in [0.1, 0.15) is 5.54 Å². The molecule has 2 amide bonds. The van der Waals surface area contributed by atoms with Crippen molar-refractivity contribution in [3.63, 3.8) is 0 Å². The molecule has 1 fully saturated rings. The molecule has 3 N–H and O–H groups in total. The van der Waals surface area contributed by atoms with E-state index in [1.54, 1.807) is 0 Å². The highest BCUT2D eigenvalue weighted by Gasteiger charge is 2.32. The first-order valence-corrected chi connectivity index (χ1v) is 7.06. The van der Waals surface area contributed by atoms with Gasteiger partial charge in [-0.15, -0.1) is 0 Å². The Kier molecular flexibility index (Phi) is 5.20. The molecule has 1 saturated carbocycles.